The van der Waals surface area contributed by atoms with E-state index in [-0.39, 0.29) is 6.04 Å². The number of rotatable bonds is 4. The zero-order valence-corrected chi connectivity index (χ0v) is 13.9. The molecule has 1 unspecified atom stereocenters. The second-order valence-corrected chi connectivity index (χ2v) is 6.01. The highest BCUT2D eigenvalue weighted by Gasteiger charge is 2.21. The molecule has 0 spiro atoms. The minimum absolute atomic E-state index is 0.319. The van der Waals surface area contributed by atoms with Gasteiger partial charge >= 0.3 is 0 Å². The van der Waals surface area contributed by atoms with Crippen molar-refractivity contribution in [2.75, 3.05) is 6.54 Å². The van der Waals surface area contributed by atoms with Crippen LogP contribution in [0.15, 0.2) is 34.8 Å². The van der Waals surface area contributed by atoms with Gasteiger partial charge in [0.25, 0.3) is 0 Å². The van der Waals surface area contributed by atoms with Gasteiger partial charge in [0.15, 0.2) is 11.6 Å². The lowest BCUT2D eigenvalue weighted by Gasteiger charge is -2.22. The summed E-state index contributed by atoms with van der Waals surface area (Å²) in [5.41, 5.74) is 2.63. The number of halogens is 3. The van der Waals surface area contributed by atoms with Crippen LogP contribution in [0.3, 0.4) is 0 Å². The van der Waals surface area contributed by atoms with Gasteiger partial charge in [0, 0.05) is 10.0 Å². The summed E-state index contributed by atoms with van der Waals surface area (Å²) in [6.07, 6.45) is 0. The molecule has 0 heterocycles. The van der Waals surface area contributed by atoms with Crippen LogP contribution >= 0.6 is 15.9 Å². The van der Waals surface area contributed by atoms with Crippen LogP contribution in [0.25, 0.3) is 0 Å². The maximum atomic E-state index is 14.3. The molecule has 0 aliphatic rings. The Bertz CT molecular complexity index is 655. The highest BCUT2D eigenvalue weighted by atomic mass is 79.9. The Balaban J connectivity index is 2.56. The summed E-state index contributed by atoms with van der Waals surface area (Å²) in [5, 5.41) is 3.24. The van der Waals surface area contributed by atoms with Crippen LogP contribution in [-0.4, -0.2) is 6.54 Å². The Morgan fingerprint density at radius 2 is 1.67 bits per heavy atom. The molecule has 2 aromatic rings. The van der Waals surface area contributed by atoms with E-state index < -0.39 is 11.6 Å². The van der Waals surface area contributed by atoms with Gasteiger partial charge in [0.2, 0.25) is 0 Å². The van der Waals surface area contributed by atoms with E-state index in [1.807, 2.05) is 32.0 Å². The topological polar surface area (TPSA) is 12.0 Å². The summed E-state index contributed by atoms with van der Waals surface area (Å²) in [6.45, 7) is 6.14. The van der Waals surface area contributed by atoms with Crippen LogP contribution in [0, 0.1) is 25.5 Å². The first-order valence-corrected chi connectivity index (χ1v) is 7.69. The van der Waals surface area contributed by atoms with Crippen molar-refractivity contribution in [1.29, 1.82) is 0 Å². The lowest BCUT2D eigenvalue weighted by Crippen LogP contribution is -2.24. The van der Waals surface area contributed by atoms with Crippen molar-refractivity contribution in [1.82, 2.24) is 5.32 Å². The average Bonchev–Trinajstić information content (AvgIpc) is 2.44. The van der Waals surface area contributed by atoms with Gasteiger partial charge in [-0.2, -0.15) is 0 Å². The smallest absolute Gasteiger partial charge is 0.164 e. The van der Waals surface area contributed by atoms with E-state index in [0.29, 0.717) is 17.7 Å². The van der Waals surface area contributed by atoms with Crippen molar-refractivity contribution in [2.45, 2.75) is 26.8 Å². The van der Waals surface area contributed by atoms with Crippen LogP contribution in [0.1, 0.15) is 35.2 Å². The van der Waals surface area contributed by atoms with E-state index in [4.69, 9.17) is 0 Å². The second-order valence-electron chi connectivity index (χ2n) is 5.09. The average molecular weight is 354 g/mol. The lowest BCUT2D eigenvalue weighted by molar-refractivity contribution is 0.478. The van der Waals surface area contributed by atoms with Crippen molar-refractivity contribution in [3.05, 3.63) is 68.7 Å². The van der Waals surface area contributed by atoms with E-state index in [0.717, 1.165) is 15.6 Å². The lowest BCUT2D eigenvalue weighted by atomic mass is 9.93. The SMILES string of the molecule is CCNC(c1ccc(Br)cc1C)c1ccc(C)c(F)c1F. The standard InChI is InChI=1S/C17H18BrF2N/c1-4-21-17(13-8-6-12(18)9-11(13)3)14-7-5-10(2)15(19)16(14)20/h5-9,17,21H,4H2,1-3H3. The molecule has 2 aromatic carbocycles. The molecule has 0 bridgehead atoms. The van der Waals surface area contributed by atoms with Crippen LogP contribution in [0.5, 0.6) is 0 Å². The van der Waals surface area contributed by atoms with Crippen LogP contribution in [0.2, 0.25) is 0 Å². The summed E-state index contributed by atoms with van der Waals surface area (Å²) in [6, 6.07) is 8.73. The summed E-state index contributed by atoms with van der Waals surface area (Å²) >= 11 is 3.42. The van der Waals surface area contributed by atoms with E-state index in [9.17, 15) is 8.78 Å². The largest absolute Gasteiger partial charge is 0.306 e. The van der Waals surface area contributed by atoms with E-state index in [1.165, 1.54) is 0 Å². The molecule has 0 aliphatic heterocycles. The Labute approximate surface area is 132 Å². The van der Waals surface area contributed by atoms with Gasteiger partial charge in [-0.05, 0) is 49.2 Å². The highest BCUT2D eigenvalue weighted by Crippen LogP contribution is 2.30. The summed E-state index contributed by atoms with van der Waals surface area (Å²) in [5.74, 6) is -1.55. The first kappa shape index (κ1) is 16.1. The number of hydrogen-bond acceptors (Lipinski definition) is 1. The van der Waals surface area contributed by atoms with Crippen molar-refractivity contribution in [3.63, 3.8) is 0 Å². The first-order valence-electron chi connectivity index (χ1n) is 6.89. The zero-order chi connectivity index (χ0) is 15.6. The maximum Gasteiger partial charge on any atom is 0.164 e. The third-order valence-corrected chi connectivity index (χ3v) is 4.06. The van der Waals surface area contributed by atoms with Gasteiger partial charge in [-0.15, -0.1) is 0 Å². The Morgan fingerprint density at radius 1 is 1.00 bits per heavy atom. The molecule has 0 aromatic heterocycles. The monoisotopic (exact) mass is 353 g/mol. The van der Waals surface area contributed by atoms with Crippen molar-refractivity contribution < 1.29 is 8.78 Å². The van der Waals surface area contributed by atoms with E-state index in [1.54, 1.807) is 19.1 Å². The molecule has 4 heteroatoms. The van der Waals surface area contributed by atoms with Crippen LogP contribution < -0.4 is 5.32 Å². The molecule has 1 N–H and O–H groups in total. The van der Waals surface area contributed by atoms with Crippen molar-refractivity contribution in [2.24, 2.45) is 0 Å². The third-order valence-electron chi connectivity index (χ3n) is 3.57. The number of aryl methyl sites for hydroxylation is 2. The number of benzene rings is 2. The minimum Gasteiger partial charge on any atom is -0.306 e. The molecule has 112 valence electrons. The van der Waals surface area contributed by atoms with Crippen molar-refractivity contribution in [3.8, 4) is 0 Å². The predicted octanol–water partition coefficient (Wildman–Crippen LogP) is 5.04. The third kappa shape index (κ3) is 3.33. The number of hydrogen-bond donors (Lipinski definition) is 1. The quantitative estimate of drug-likeness (QED) is 0.811. The highest BCUT2D eigenvalue weighted by molar-refractivity contribution is 9.10. The fourth-order valence-corrected chi connectivity index (χ4v) is 2.91. The summed E-state index contributed by atoms with van der Waals surface area (Å²) < 4.78 is 29.1. The molecule has 0 aliphatic carbocycles. The Hall–Kier alpha value is -1.26. The normalized spacial score (nSPS) is 12.5. The summed E-state index contributed by atoms with van der Waals surface area (Å²) in [4.78, 5) is 0. The molecular formula is C17H18BrF2N. The molecule has 1 atom stereocenters. The van der Waals surface area contributed by atoms with Gasteiger partial charge in [-0.25, -0.2) is 8.78 Å². The predicted molar refractivity (Wildman–Crippen MR) is 85.5 cm³/mol. The summed E-state index contributed by atoms with van der Waals surface area (Å²) in [7, 11) is 0. The molecule has 0 fully saturated rings. The molecule has 0 saturated carbocycles. The fraction of sp³-hybridized carbons (Fsp3) is 0.294. The number of nitrogens with one attached hydrogen (secondary N) is 1. The second kappa shape index (κ2) is 6.67. The molecule has 21 heavy (non-hydrogen) atoms. The first-order chi connectivity index (χ1) is 9.95. The maximum absolute atomic E-state index is 14.3. The van der Waals surface area contributed by atoms with Gasteiger partial charge < -0.3 is 5.32 Å². The van der Waals surface area contributed by atoms with Gasteiger partial charge in [0.1, 0.15) is 0 Å². The minimum atomic E-state index is -0.775. The van der Waals surface area contributed by atoms with Gasteiger partial charge in [0.05, 0.1) is 6.04 Å². The van der Waals surface area contributed by atoms with E-state index >= 15 is 0 Å². The molecule has 1 nitrogen and oxygen atoms in total. The van der Waals surface area contributed by atoms with Gasteiger partial charge in [-0.3, -0.25) is 0 Å². The molecule has 0 radical (unpaired) electrons. The molecular weight excluding hydrogens is 336 g/mol. The van der Waals surface area contributed by atoms with E-state index in [2.05, 4.69) is 21.2 Å². The molecule has 2 rings (SSSR count). The molecule has 0 saturated heterocycles. The fourth-order valence-electron chi connectivity index (χ4n) is 2.44. The zero-order valence-electron chi connectivity index (χ0n) is 12.3. The van der Waals surface area contributed by atoms with Crippen LogP contribution in [-0.2, 0) is 0 Å². The Morgan fingerprint density at radius 3 is 2.29 bits per heavy atom. The van der Waals surface area contributed by atoms with Crippen LogP contribution in [0.4, 0.5) is 8.78 Å². The Kier molecular flexibility index (Phi) is 5.12. The van der Waals surface area contributed by atoms with Crippen molar-refractivity contribution >= 4 is 15.9 Å². The van der Waals surface area contributed by atoms with Gasteiger partial charge in [-0.1, -0.05) is 41.1 Å². The molecule has 0 amide bonds.